The zero-order valence-corrected chi connectivity index (χ0v) is 8.62. The van der Waals surface area contributed by atoms with Crippen molar-refractivity contribution in [3.8, 4) is 0 Å². The Bertz CT molecular complexity index is 85.0. The Morgan fingerprint density at radius 3 is 1.44 bits per heavy atom. The van der Waals surface area contributed by atoms with E-state index in [1.807, 2.05) is 30.3 Å². The van der Waals surface area contributed by atoms with Crippen LogP contribution < -0.4 is 4.70 Å². The average molecular weight is 248 g/mol. The van der Waals surface area contributed by atoms with Gasteiger partial charge in [-0.3, -0.25) is 0 Å². The number of rotatable bonds is 0. The summed E-state index contributed by atoms with van der Waals surface area (Å²) in [6.07, 6.45) is 0. The van der Waals surface area contributed by atoms with Gasteiger partial charge >= 0.3 is 23.1 Å². The van der Waals surface area contributed by atoms with Gasteiger partial charge in [0.05, 0.1) is 0 Å². The molecule has 3 heteroatoms. The second-order valence-corrected chi connectivity index (χ2v) is 1.08. The minimum atomic E-state index is 0. The molecule has 0 amide bonds. The van der Waals surface area contributed by atoms with E-state index in [0.29, 0.717) is 0 Å². The molecule has 1 rings (SSSR count). The summed E-state index contributed by atoms with van der Waals surface area (Å²) >= 11 is 0. The summed E-state index contributed by atoms with van der Waals surface area (Å²) in [7, 11) is 0. The molecule has 46 valence electrons. The molecule has 0 spiro atoms. The normalized spacial score (nSPS) is 5.33. The SMILES string of the molecule is I.[F-].[Mg+2].[c-]1ccccc1. The van der Waals surface area contributed by atoms with Gasteiger partial charge in [0, 0.05) is 0 Å². The van der Waals surface area contributed by atoms with Gasteiger partial charge in [-0.15, -0.1) is 24.0 Å². The van der Waals surface area contributed by atoms with E-state index in [1.54, 1.807) is 0 Å². The van der Waals surface area contributed by atoms with Gasteiger partial charge in [-0.2, -0.15) is 36.4 Å². The molecule has 0 saturated carbocycles. The van der Waals surface area contributed by atoms with E-state index in [4.69, 9.17) is 0 Å². The molecule has 9 heavy (non-hydrogen) atoms. The molecular weight excluding hydrogens is 242 g/mol. The Balaban J connectivity index is -0.000000120. The van der Waals surface area contributed by atoms with Gasteiger partial charge in [0.2, 0.25) is 0 Å². The number of hydrogen-bond acceptors (Lipinski definition) is 0. The van der Waals surface area contributed by atoms with E-state index < -0.39 is 0 Å². The van der Waals surface area contributed by atoms with E-state index >= 15 is 0 Å². The van der Waals surface area contributed by atoms with Crippen LogP contribution in [0, 0.1) is 6.07 Å². The van der Waals surface area contributed by atoms with Gasteiger partial charge in [0.25, 0.3) is 0 Å². The smallest absolute Gasteiger partial charge is 1.00 e. The van der Waals surface area contributed by atoms with Crippen LogP contribution in [-0.2, 0) is 0 Å². The van der Waals surface area contributed by atoms with Crippen LogP contribution in [0.15, 0.2) is 30.3 Å². The van der Waals surface area contributed by atoms with Crippen molar-refractivity contribution in [3.05, 3.63) is 36.4 Å². The Labute approximate surface area is 87.6 Å². The first-order valence-electron chi connectivity index (χ1n) is 1.91. The van der Waals surface area contributed by atoms with Crippen LogP contribution in [0.1, 0.15) is 0 Å². The quantitative estimate of drug-likeness (QED) is 0.305. The third-order valence-electron chi connectivity index (χ3n) is 0.607. The monoisotopic (exact) mass is 248 g/mol. The summed E-state index contributed by atoms with van der Waals surface area (Å²) < 4.78 is 0. The fourth-order valence-corrected chi connectivity index (χ4v) is 0.342. The summed E-state index contributed by atoms with van der Waals surface area (Å²) in [5.74, 6) is 0. The Morgan fingerprint density at radius 2 is 1.33 bits per heavy atom. The Kier molecular flexibility index (Phi) is 20.8. The molecule has 0 aromatic heterocycles. The predicted octanol–water partition coefficient (Wildman–Crippen LogP) is -1.27. The van der Waals surface area contributed by atoms with Crippen LogP contribution in [-0.4, -0.2) is 23.1 Å². The van der Waals surface area contributed by atoms with Crippen molar-refractivity contribution >= 4 is 47.0 Å². The minimum Gasteiger partial charge on any atom is -1.00 e. The Morgan fingerprint density at radius 1 is 0.889 bits per heavy atom. The predicted molar refractivity (Wildman–Crippen MR) is 46.4 cm³/mol. The van der Waals surface area contributed by atoms with Gasteiger partial charge in [-0.1, -0.05) is 0 Å². The standard InChI is InChI=1S/C6H5.FH.HI.Mg/c1-2-4-6-5-3-1;;;/h1-5H;2*1H;/q-1;;;+2/p-1. The summed E-state index contributed by atoms with van der Waals surface area (Å²) in [5.41, 5.74) is 0. The molecule has 0 aliphatic heterocycles. The maximum Gasteiger partial charge on any atom is 2.00 e. The largest absolute Gasteiger partial charge is 2.00 e. The third-order valence-corrected chi connectivity index (χ3v) is 0.607. The summed E-state index contributed by atoms with van der Waals surface area (Å²) in [5, 5.41) is 0. The van der Waals surface area contributed by atoms with Gasteiger partial charge in [-0.05, 0) is 0 Å². The van der Waals surface area contributed by atoms with Crippen molar-refractivity contribution in [1.29, 1.82) is 0 Å². The van der Waals surface area contributed by atoms with Gasteiger partial charge < -0.3 is 4.70 Å². The fourth-order valence-electron chi connectivity index (χ4n) is 0.342. The van der Waals surface area contributed by atoms with Gasteiger partial charge in [0.1, 0.15) is 0 Å². The summed E-state index contributed by atoms with van der Waals surface area (Å²) in [6.45, 7) is 0. The molecule has 0 aliphatic rings. The Hall–Kier alpha value is 0.646. The summed E-state index contributed by atoms with van der Waals surface area (Å²) in [6, 6.07) is 12.5. The molecule has 0 saturated heterocycles. The first-order chi connectivity index (χ1) is 3.00. The van der Waals surface area contributed by atoms with Crippen molar-refractivity contribution in [2.24, 2.45) is 0 Å². The minimum absolute atomic E-state index is 0. The van der Waals surface area contributed by atoms with E-state index in [2.05, 4.69) is 6.07 Å². The van der Waals surface area contributed by atoms with Crippen LogP contribution in [0.2, 0.25) is 0 Å². The number of halogens is 2. The zero-order chi connectivity index (χ0) is 4.24. The zero-order valence-electron chi connectivity index (χ0n) is 4.88. The second kappa shape index (κ2) is 11.4. The second-order valence-electron chi connectivity index (χ2n) is 1.08. The van der Waals surface area contributed by atoms with E-state index in [0.717, 1.165) is 0 Å². The van der Waals surface area contributed by atoms with E-state index in [1.165, 1.54) is 0 Å². The van der Waals surface area contributed by atoms with Crippen LogP contribution in [0.5, 0.6) is 0 Å². The molecule has 0 fully saturated rings. The van der Waals surface area contributed by atoms with E-state index in [9.17, 15) is 0 Å². The molecule has 0 heterocycles. The van der Waals surface area contributed by atoms with Gasteiger partial charge in [-0.25, -0.2) is 0 Å². The van der Waals surface area contributed by atoms with Crippen molar-refractivity contribution < 1.29 is 4.70 Å². The molecule has 0 N–H and O–H groups in total. The van der Waals surface area contributed by atoms with Crippen molar-refractivity contribution in [2.75, 3.05) is 0 Å². The fraction of sp³-hybridized carbons (Fsp3) is 0. The van der Waals surface area contributed by atoms with Gasteiger partial charge in [0.15, 0.2) is 0 Å². The van der Waals surface area contributed by atoms with E-state index in [-0.39, 0.29) is 51.7 Å². The van der Waals surface area contributed by atoms with Crippen LogP contribution >= 0.6 is 24.0 Å². The number of benzene rings is 1. The van der Waals surface area contributed by atoms with Crippen LogP contribution in [0.4, 0.5) is 0 Å². The molecule has 0 bridgehead atoms. The number of hydrogen-bond donors (Lipinski definition) is 0. The average Bonchev–Trinajstić information content (AvgIpc) is 1.72. The molecule has 0 radical (unpaired) electrons. The van der Waals surface area contributed by atoms with Crippen LogP contribution in [0.25, 0.3) is 0 Å². The maximum absolute atomic E-state index is 2.89. The molecule has 1 aromatic rings. The van der Waals surface area contributed by atoms with Crippen molar-refractivity contribution in [2.45, 2.75) is 0 Å². The molecule has 0 aliphatic carbocycles. The van der Waals surface area contributed by atoms with Crippen molar-refractivity contribution in [1.82, 2.24) is 0 Å². The molecule has 1 aromatic carbocycles. The topological polar surface area (TPSA) is 0 Å². The van der Waals surface area contributed by atoms with Crippen molar-refractivity contribution in [3.63, 3.8) is 0 Å². The third kappa shape index (κ3) is 8.65. The molecule has 0 nitrogen and oxygen atoms in total. The summed E-state index contributed by atoms with van der Waals surface area (Å²) in [4.78, 5) is 0. The first kappa shape index (κ1) is 16.3. The maximum atomic E-state index is 2.89. The molecule has 0 unspecified atom stereocenters. The molecule has 0 atom stereocenters. The molecular formula is C6H6FIMg. The van der Waals surface area contributed by atoms with Crippen LogP contribution in [0.3, 0.4) is 0 Å². The first-order valence-corrected chi connectivity index (χ1v) is 1.91.